The first-order chi connectivity index (χ1) is 31.6. The molecule has 6 aromatic rings. The number of rotatable bonds is 12. The van der Waals surface area contributed by atoms with Crippen molar-refractivity contribution in [3.63, 3.8) is 0 Å². The Balaban J connectivity index is 0.964. The number of nitro benzene ring substituents is 1. The van der Waals surface area contributed by atoms with Crippen LogP contribution in [0.2, 0.25) is 5.02 Å². The van der Waals surface area contributed by atoms with Crippen molar-refractivity contribution in [2.75, 3.05) is 69.2 Å². The largest absolute Gasteiger partial charge is 0.377 e. The van der Waals surface area contributed by atoms with Gasteiger partial charge in [0.05, 0.1) is 39.3 Å². The fourth-order valence-electron chi connectivity index (χ4n) is 9.18. The molecule has 3 N–H and O–H groups in total. The molecule has 1 atom stereocenters. The molecule has 1 aliphatic carbocycles. The zero-order valence-electron chi connectivity index (χ0n) is 36.9. The molecule has 0 bridgehead atoms. The van der Waals surface area contributed by atoms with Crippen molar-refractivity contribution in [2.45, 2.75) is 51.0 Å². The Hall–Kier alpha value is -6.34. The Morgan fingerprint density at radius 1 is 1.02 bits per heavy atom. The van der Waals surface area contributed by atoms with Gasteiger partial charge in [-0.3, -0.25) is 34.4 Å². The summed E-state index contributed by atoms with van der Waals surface area (Å²) in [6, 6.07) is 20.6. The van der Waals surface area contributed by atoms with E-state index in [-0.39, 0.29) is 29.1 Å². The van der Waals surface area contributed by atoms with Crippen molar-refractivity contribution < 1.29 is 27.7 Å². The molecule has 19 heteroatoms. The second kappa shape index (κ2) is 18.1. The molecule has 2 saturated heterocycles. The Labute approximate surface area is 386 Å². The number of hydrogen-bond acceptors (Lipinski definition) is 12. The first kappa shape index (κ1) is 44.8. The molecule has 2 fully saturated rings. The molecule has 0 unspecified atom stereocenters. The number of nitro groups is 1. The van der Waals surface area contributed by atoms with Crippen molar-refractivity contribution in [1.29, 1.82) is 0 Å². The molecule has 0 saturated carbocycles. The van der Waals surface area contributed by atoms with Crippen LogP contribution in [0.5, 0.6) is 0 Å². The molecule has 5 heterocycles. The highest BCUT2D eigenvalue weighted by Crippen LogP contribution is 2.43. The van der Waals surface area contributed by atoms with Crippen LogP contribution in [0, 0.1) is 15.5 Å². The molecule has 66 heavy (non-hydrogen) atoms. The number of aromatic amines is 1. The van der Waals surface area contributed by atoms with Gasteiger partial charge in [0, 0.05) is 93.8 Å². The molecule has 3 aromatic carbocycles. The maximum absolute atomic E-state index is 14.2. The third kappa shape index (κ3) is 9.49. The number of allylic oxidation sites excluding steroid dienone is 1. The normalized spacial score (nSPS) is 18.2. The lowest BCUT2D eigenvalue weighted by Gasteiger charge is -2.39. The molecule has 9 rings (SSSR count). The Morgan fingerprint density at radius 2 is 1.80 bits per heavy atom. The summed E-state index contributed by atoms with van der Waals surface area (Å²) in [7, 11) is -4.63. The van der Waals surface area contributed by atoms with Gasteiger partial charge in [-0.05, 0) is 90.4 Å². The number of pyridine rings is 1. The average Bonchev–Trinajstić information content (AvgIpc) is 3.94. The minimum atomic E-state index is -4.63. The van der Waals surface area contributed by atoms with Crippen molar-refractivity contribution in [3.8, 4) is 5.69 Å². The number of H-pyrrole nitrogens is 1. The van der Waals surface area contributed by atoms with Crippen molar-refractivity contribution >= 4 is 78.1 Å². The van der Waals surface area contributed by atoms with E-state index in [0.29, 0.717) is 42.1 Å². The van der Waals surface area contributed by atoms with Gasteiger partial charge in [0.2, 0.25) is 5.91 Å². The second-order valence-electron chi connectivity index (χ2n) is 18.0. The van der Waals surface area contributed by atoms with E-state index in [9.17, 15) is 28.1 Å². The number of aromatic nitrogens is 4. The molecule has 3 aliphatic rings. The maximum Gasteiger partial charge on any atom is 0.293 e. The predicted molar refractivity (Wildman–Crippen MR) is 254 cm³/mol. The number of fused-ring (bicyclic) bond motifs is 2. The van der Waals surface area contributed by atoms with E-state index in [1.807, 2.05) is 36.4 Å². The minimum absolute atomic E-state index is 0.0391. The molecule has 2 aliphatic heterocycles. The molecule has 344 valence electrons. The fourth-order valence-corrected chi connectivity index (χ4v) is 10.3. The summed E-state index contributed by atoms with van der Waals surface area (Å²) in [5.41, 5.74) is 6.90. The molecule has 0 spiro atoms. The zero-order valence-corrected chi connectivity index (χ0v) is 38.5. The second-order valence-corrected chi connectivity index (χ2v) is 20.1. The number of halogens is 1. The van der Waals surface area contributed by atoms with Gasteiger partial charge in [-0.15, -0.1) is 0 Å². The highest BCUT2D eigenvalue weighted by atomic mass is 35.5. The number of morpholine rings is 1. The van der Waals surface area contributed by atoms with Crippen LogP contribution in [0.1, 0.15) is 56.0 Å². The van der Waals surface area contributed by atoms with Crippen LogP contribution in [-0.4, -0.2) is 120 Å². The quantitative estimate of drug-likeness (QED) is 0.0838. The Bertz CT molecular complexity index is 3000. The third-order valence-corrected chi connectivity index (χ3v) is 14.4. The van der Waals surface area contributed by atoms with Gasteiger partial charge >= 0.3 is 0 Å². The van der Waals surface area contributed by atoms with Gasteiger partial charge in [0.25, 0.3) is 21.6 Å². The number of piperazine rings is 1. The van der Waals surface area contributed by atoms with E-state index in [0.717, 1.165) is 74.1 Å². The summed E-state index contributed by atoms with van der Waals surface area (Å²) in [5, 5.41) is 19.9. The monoisotopic (exact) mass is 934 g/mol. The van der Waals surface area contributed by atoms with E-state index in [1.54, 1.807) is 28.0 Å². The molecule has 17 nitrogen and oxygen atoms in total. The van der Waals surface area contributed by atoms with Crippen LogP contribution in [0.25, 0.3) is 33.3 Å². The third-order valence-electron chi connectivity index (χ3n) is 12.9. The summed E-state index contributed by atoms with van der Waals surface area (Å²) in [4.78, 5) is 52.6. The zero-order chi connectivity index (χ0) is 46.3. The number of anilines is 2. The van der Waals surface area contributed by atoms with E-state index >= 15 is 0 Å². The first-order valence-corrected chi connectivity index (χ1v) is 23.8. The topological polar surface area (TPSA) is 201 Å². The molecule has 0 radical (unpaired) electrons. The lowest BCUT2D eigenvalue weighted by Crippen LogP contribution is -2.47. The summed E-state index contributed by atoms with van der Waals surface area (Å²) in [6.45, 7) is 11.3. The highest BCUT2D eigenvalue weighted by Gasteiger charge is 2.31. The number of benzene rings is 3. The summed E-state index contributed by atoms with van der Waals surface area (Å²) >= 11 is 6.26. The number of nitrogens with zero attached hydrogens (tertiary/aromatic N) is 7. The van der Waals surface area contributed by atoms with Crippen LogP contribution >= 0.6 is 11.6 Å². The van der Waals surface area contributed by atoms with Gasteiger partial charge < -0.3 is 19.9 Å². The summed E-state index contributed by atoms with van der Waals surface area (Å²) < 4.78 is 37.4. The Morgan fingerprint density at radius 3 is 2.56 bits per heavy atom. The maximum atomic E-state index is 14.2. The van der Waals surface area contributed by atoms with E-state index in [4.69, 9.17) is 16.3 Å². The predicted octanol–water partition coefficient (Wildman–Crippen LogP) is 7.03. The SMILES string of the molecule is CC(=O)N1CCO[C@H](CNc2ccc(S(=O)(=O)NC(=O)c3ccc(N4CCN(CC5=C(c6ccc(Cl)cc6)CC(C)(C)CC5)CC4)cc3-n3[nH]cc4nc5nccc5cc43)cc2[N+](=O)[O-])C1. The van der Waals surface area contributed by atoms with Crippen molar-refractivity contribution in [1.82, 2.24) is 34.3 Å². The molecule has 2 amide bonds. The number of carbonyl (C=O) groups excluding carboxylic acids is 2. The highest BCUT2D eigenvalue weighted by molar-refractivity contribution is 7.90. The molecular formula is C47H51ClN10O7S. The van der Waals surface area contributed by atoms with Gasteiger partial charge in [-0.1, -0.05) is 43.2 Å². The van der Waals surface area contributed by atoms with Crippen molar-refractivity contribution in [2.24, 2.45) is 5.41 Å². The number of carbonyl (C=O) groups is 2. The van der Waals surface area contributed by atoms with Crippen LogP contribution < -0.4 is 14.9 Å². The number of hydrogen-bond donors (Lipinski definition) is 3. The molecular weight excluding hydrogens is 884 g/mol. The van der Waals surface area contributed by atoms with Crippen LogP contribution in [-0.2, 0) is 19.6 Å². The number of ether oxygens (including phenoxy) is 1. The van der Waals surface area contributed by atoms with E-state index in [1.165, 1.54) is 35.8 Å². The minimum Gasteiger partial charge on any atom is -0.377 e. The number of sulfonamides is 1. The van der Waals surface area contributed by atoms with Crippen LogP contribution in [0.3, 0.4) is 0 Å². The van der Waals surface area contributed by atoms with Gasteiger partial charge in [0.15, 0.2) is 5.65 Å². The Kier molecular flexibility index (Phi) is 12.3. The fraction of sp³-hybridized carbons (Fsp3) is 0.362. The summed E-state index contributed by atoms with van der Waals surface area (Å²) in [5.74, 6) is -1.04. The average molecular weight is 936 g/mol. The van der Waals surface area contributed by atoms with Crippen LogP contribution in [0.15, 0.2) is 95.7 Å². The van der Waals surface area contributed by atoms with Gasteiger partial charge in [0.1, 0.15) is 11.2 Å². The van der Waals surface area contributed by atoms with Crippen LogP contribution in [0.4, 0.5) is 17.1 Å². The summed E-state index contributed by atoms with van der Waals surface area (Å²) in [6.07, 6.45) is 6.10. The van der Waals surface area contributed by atoms with E-state index in [2.05, 4.69) is 60.9 Å². The number of nitrogens with one attached hydrogen (secondary N) is 3. The molecule has 3 aromatic heterocycles. The van der Waals surface area contributed by atoms with E-state index < -0.39 is 37.5 Å². The lowest BCUT2D eigenvalue weighted by atomic mass is 9.72. The lowest BCUT2D eigenvalue weighted by molar-refractivity contribution is -0.384. The standard InChI is InChI=1S/C47H51ClN10O7S/c1-30(59)56-20-21-65-36(29-56)26-50-40-11-9-37(24-44(40)58(61)62)66(63,64)53-46(60)38-10-8-35(23-42(38)57-43-22-32-13-15-49-45(32)52-41(43)27-51-57)55-18-16-54(17-19-55)28-33-12-14-47(2,3)25-39(33)31-4-6-34(48)7-5-31/h4-11,13,15,22-24,27,36,50-51H,12,14,16-21,25-26,28-29H2,1-3H3,(H,53,60)/t36-/m1/s1. The smallest absolute Gasteiger partial charge is 0.293 e. The van der Waals surface area contributed by atoms with Gasteiger partial charge in [-0.2, -0.15) is 0 Å². The van der Waals surface area contributed by atoms with Crippen molar-refractivity contribution in [3.05, 3.63) is 117 Å². The first-order valence-electron chi connectivity index (χ1n) is 22.0. The van der Waals surface area contributed by atoms with Gasteiger partial charge in [-0.25, -0.2) is 23.1 Å². The number of amides is 2.